The van der Waals surface area contributed by atoms with Crippen LogP contribution in [-0.2, 0) is 22.7 Å². The number of benzene rings is 1. The zero-order chi connectivity index (χ0) is 17.5. The number of hydrogen-bond acceptors (Lipinski definition) is 4. The molecule has 0 saturated heterocycles. The van der Waals surface area contributed by atoms with Crippen LogP contribution < -0.4 is 11.1 Å². The van der Waals surface area contributed by atoms with Crippen LogP contribution >= 0.6 is 0 Å². The van der Waals surface area contributed by atoms with Crippen LogP contribution in [0.2, 0.25) is 0 Å². The first-order chi connectivity index (χ1) is 11.5. The monoisotopic (exact) mass is 329 g/mol. The smallest absolute Gasteiger partial charge is 0.241 e. The van der Waals surface area contributed by atoms with Gasteiger partial charge in [0.25, 0.3) is 0 Å². The molecule has 7 nitrogen and oxygen atoms in total. The number of carbonyl (C=O) groups excluding carboxylic acids is 2. The van der Waals surface area contributed by atoms with E-state index in [9.17, 15) is 9.59 Å². The number of nitrogens with two attached hydrogens (primary N) is 1. The molecule has 0 unspecified atom stereocenters. The first-order valence-corrected chi connectivity index (χ1v) is 7.85. The molecule has 1 atom stereocenters. The van der Waals surface area contributed by atoms with Crippen molar-refractivity contribution in [2.24, 2.45) is 5.73 Å². The molecule has 128 valence electrons. The predicted molar refractivity (Wildman–Crippen MR) is 92.0 cm³/mol. The summed E-state index contributed by atoms with van der Waals surface area (Å²) >= 11 is 0. The van der Waals surface area contributed by atoms with Gasteiger partial charge in [-0.1, -0.05) is 37.3 Å². The van der Waals surface area contributed by atoms with Gasteiger partial charge in [0.1, 0.15) is 6.54 Å². The Bertz CT molecular complexity index is 683. The minimum absolute atomic E-state index is 0.0129. The molecule has 24 heavy (non-hydrogen) atoms. The molecule has 1 aromatic carbocycles. The van der Waals surface area contributed by atoms with Crippen LogP contribution in [0.4, 0.5) is 5.69 Å². The molecule has 0 radical (unpaired) electrons. The van der Waals surface area contributed by atoms with Crippen molar-refractivity contribution in [1.82, 2.24) is 14.7 Å². The van der Waals surface area contributed by atoms with E-state index in [-0.39, 0.29) is 18.5 Å². The lowest BCUT2D eigenvalue weighted by molar-refractivity contribution is -0.121. The first kappa shape index (κ1) is 17.7. The van der Waals surface area contributed by atoms with Gasteiger partial charge in [0, 0.05) is 12.7 Å². The maximum Gasteiger partial charge on any atom is 0.241 e. The number of primary amides is 1. The number of hydrogen-bond donors (Lipinski definition) is 2. The van der Waals surface area contributed by atoms with Crippen LogP contribution in [0.5, 0.6) is 0 Å². The van der Waals surface area contributed by atoms with Crippen LogP contribution in [0, 0.1) is 0 Å². The second-order valence-electron chi connectivity index (χ2n) is 5.71. The van der Waals surface area contributed by atoms with Crippen molar-refractivity contribution in [3.63, 3.8) is 0 Å². The maximum atomic E-state index is 12.5. The Labute approximate surface area is 141 Å². The quantitative estimate of drug-likeness (QED) is 0.761. The highest BCUT2D eigenvalue weighted by Gasteiger charge is 2.22. The zero-order valence-electron chi connectivity index (χ0n) is 14.0. The Balaban J connectivity index is 1.97. The van der Waals surface area contributed by atoms with Gasteiger partial charge in [-0.15, -0.1) is 0 Å². The third kappa shape index (κ3) is 4.92. The number of carbonyl (C=O) groups is 2. The summed E-state index contributed by atoms with van der Waals surface area (Å²) in [6.07, 6.45) is 3.78. The van der Waals surface area contributed by atoms with E-state index >= 15 is 0 Å². The van der Waals surface area contributed by atoms with Crippen molar-refractivity contribution in [1.29, 1.82) is 0 Å². The molecule has 0 aliphatic carbocycles. The molecule has 1 aromatic heterocycles. The molecule has 7 heteroatoms. The molecule has 2 amide bonds. The van der Waals surface area contributed by atoms with Crippen molar-refractivity contribution in [3.05, 3.63) is 48.3 Å². The average Bonchev–Trinajstić information content (AvgIpc) is 2.95. The van der Waals surface area contributed by atoms with Crippen molar-refractivity contribution in [2.45, 2.75) is 32.5 Å². The summed E-state index contributed by atoms with van der Waals surface area (Å²) < 4.78 is 1.40. The molecule has 0 fully saturated rings. The fourth-order valence-electron chi connectivity index (χ4n) is 2.58. The number of nitrogens with zero attached hydrogens (tertiary/aromatic N) is 3. The molecular weight excluding hydrogens is 306 g/mol. The summed E-state index contributed by atoms with van der Waals surface area (Å²) in [7, 11) is 1.93. The molecule has 1 heterocycles. The maximum absolute atomic E-state index is 12.5. The number of likely N-dealkylation sites (N-methyl/N-ethyl adjacent to an activating group) is 1. The highest BCUT2D eigenvalue weighted by atomic mass is 16.2. The second-order valence-corrected chi connectivity index (χ2v) is 5.71. The number of anilines is 1. The molecule has 0 saturated carbocycles. The lowest BCUT2D eigenvalue weighted by atomic mass is 10.1. The Morgan fingerprint density at radius 2 is 2.04 bits per heavy atom. The largest absolute Gasteiger partial charge is 0.368 e. The molecule has 3 N–H and O–H groups in total. The Kier molecular flexibility index (Phi) is 6.08. The van der Waals surface area contributed by atoms with Gasteiger partial charge in [-0.2, -0.15) is 5.10 Å². The van der Waals surface area contributed by atoms with E-state index in [1.165, 1.54) is 10.9 Å². The van der Waals surface area contributed by atoms with Gasteiger partial charge < -0.3 is 11.1 Å². The van der Waals surface area contributed by atoms with E-state index in [0.717, 1.165) is 5.56 Å². The third-order valence-corrected chi connectivity index (χ3v) is 3.71. The summed E-state index contributed by atoms with van der Waals surface area (Å²) in [6, 6.07) is 9.75. The Morgan fingerprint density at radius 3 is 2.67 bits per heavy atom. The highest BCUT2D eigenvalue weighted by Crippen LogP contribution is 2.12. The lowest BCUT2D eigenvalue weighted by Crippen LogP contribution is -2.41. The third-order valence-electron chi connectivity index (χ3n) is 3.71. The van der Waals surface area contributed by atoms with E-state index in [1.807, 2.05) is 49.2 Å². The summed E-state index contributed by atoms with van der Waals surface area (Å²) in [6.45, 7) is 2.65. The molecule has 2 aromatic rings. The molecule has 0 aliphatic rings. The van der Waals surface area contributed by atoms with E-state index in [0.29, 0.717) is 18.7 Å². The predicted octanol–water partition coefficient (Wildman–Crippen LogP) is 1.22. The normalized spacial score (nSPS) is 12.1. The minimum atomic E-state index is -0.481. The SMILES string of the molecule is CC[C@H](C(=O)Nc1cnn(CC(N)=O)c1)N(C)Cc1ccccc1. The lowest BCUT2D eigenvalue weighted by Gasteiger charge is -2.26. The average molecular weight is 329 g/mol. The van der Waals surface area contributed by atoms with Crippen LogP contribution in [0.25, 0.3) is 0 Å². The van der Waals surface area contributed by atoms with Crippen LogP contribution in [0.3, 0.4) is 0 Å². The fraction of sp³-hybridized carbons (Fsp3) is 0.353. The Hall–Kier alpha value is -2.67. The highest BCUT2D eigenvalue weighted by molar-refractivity contribution is 5.94. The molecule has 0 bridgehead atoms. The molecule has 0 aliphatic heterocycles. The first-order valence-electron chi connectivity index (χ1n) is 7.85. The fourth-order valence-corrected chi connectivity index (χ4v) is 2.58. The topological polar surface area (TPSA) is 93.2 Å². The van der Waals surface area contributed by atoms with E-state index in [2.05, 4.69) is 10.4 Å². The van der Waals surface area contributed by atoms with Gasteiger partial charge in [0.05, 0.1) is 17.9 Å². The summed E-state index contributed by atoms with van der Waals surface area (Å²) in [5.74, 6) is -0.584. The number of aromatic nitrogens is 2. The second kappa shape index (κ2) is 8.26. The van der Waals surface area contributed by atoms with Crippen molar-refractivity contribution < 1.29 is 9.59 Å². The van der Waals surface area contributed by atoms with Crippen LogP contribution in [0.15, 0.2) is 42.7 Å². The van der Waals surface area contributed by atoms with E-state index in [1.54, 1.807) is 6.20 Å². The molecule has 0 spiro atoms. The van der Waals surface area contributed by atoms with Crippen molar-refractivity contribution >= 4 is 17.5 Å². The Morgan fingerprint density at radius 1 is 1.33 bits per heavy atom. The van der Waals surface area contributed by atoms with Gasteiger partial charge in [0.2, 0.25) is 11.8 Å². The van der Waals surface area contributed by atoms with Crippen molar-refractivity contribution in [3.8, 4) is 0 Å². The molecule has 2 rings (SSSR count). The summed E-state index contributed by atoms with van der Waals surface area (Å²) in [5, 5.41) is 6.83. The van der Waals surface area contributed by atoms with Crippen molar-refractivity contribution in [2.75, 3.05) is 12.4 Å². The number of nitrogens with one attached hydrogen (secondary N) is 1. The van der Waals surface area contributed by atoms with Gasteiger partial charge in [-0.05, 0) is 19.0 Å². The van der Waals surface area contributed by atoms with Crippen LogP contribution in [0.1, 0.15) is 18.9 Å². The standard InChI is InChI=1S/C17H23N5O2/c1-3-15(21(2)10-13-7-5-4-6-8-13)17(24)20-14-9-19-22(11-14)12-16(18)23/h4-9,11,15H,3,10,12H2,1-2H3,(H2,18,23)(H,20,24)/t15-/m1/s1. The van der Waals surface area contributed by atoms with E-state index < -0.39 is 5.91 Å². The summed E-state index contributed by atoms with van der Waals surface area (Å²) in [5.41, 5.74) is 6.83. The van der Waals surface area contributed by atoms with Crippen LogP contribution in [-0.4, -0.2) is 39.6 Å². The van der Waals surface area contributed by atoms with Gasteiger partial charge >= 0.3 is 0 Å². The minimum Gasteiger partial charge on any atom is -0.368 e. The molecular formula is C17H23N5O2. The number of rotatable bonds is 8. The van der Waals surface area contributed by atoms with Gasteiger partial charge in [-0.25, -0.2) is 0 Å². The zero-order valence-corrected chi connectivity index (χ0v) is 14.0. The number of amides is 2. The summed E-state index contributed by atoms with van der Waals surface area (Å²) in [4.78, 5) is 25.4. The van der Waals surface area contributed by atoms with Gasteiger partial charge in [-0.3, -0.25) is 19.2 Å². The van der Waals surface area contributed by atoms with E-state index in [4.69, 9.17) is 5.73 Å². The van der Waals surface area contributed by atoms with Gasteiger partial charge in [0.15, 0.2) is 0 Å².